The van der Waals surface area contributed by atoms with E-state index in [1.807, 2.05) is 6.08 Å². The van der Waals surface area contributed by atoms with E-state index in [1.165, 1.54) is 6.08 Å². The first kappa shape index (κ1) is 24.2. The van der Waals surface area contributed by atoms with E-state index < -0.39 is 29.6 Å². The van der Waals surface area contributed by atoms with Gasteiger partial charge >= 0.3 is 17.9 Å². The molecular formula is C25H34O7. The van der Waals surface area contributed by atoms with Gasteiger partial charge in [-0.05, 0) is 81.3 Å². The van der Waals surface area contributed by atoms with Gasteiger partial charge in [0.2, 0.25) is 6.29 Å². The van der Waals surface area contributed by atoms with E-state index in [1.54, 1.807) is 19.9 Å². The monoisotopic (exact) mass is 446 g/mol. The predicted molar refractivity (Wildman–Crippen MR) is 117 cm³/mol. The maximum atomic E-state index is 12.8. The van der Waals surface area contributed by atoms with Gasteiger partial charge in [-0.15, -0.1) is 0 Å². The molecule has 0 aromatic rings. The molecule has 7 nitrogen and oxygen atoms in total. The average molecular weight is 447 g/mol. The van der Waals surface area contributed by atoms with E-state index in [-0.39, 0.29) is 23.9 Å². The average Bonchev–Trinajstić information content (AvgIpc) is 3.09. The minimum absolute atomic E-state index is 0.0268. The van der Waals surface area contributed by atoms with E-state index in [9.17, 15) is 24.6 Å². The number of ether oxygens (including phenoxy) is 2. The third-order valence-corrected chi connectivity index (χ3v) is 8.17. The summed E-state index contributed by atoms with van der Waals surface area (Å²) in [5, 5.41) is 20.0. The molecule has 0 amide bonds. The Kier molecular flexibility index (Phi) is 6.98. The largest absolute Gasteiger partial charge is 0.481 e. The highest BCUT2D eigenvalue weighted by atomic mass is 16.6. The Hall–Kier alpha value is -2.41. The fraction of sp³-hybridized carbons (Fsp3) is 0.640. The number of allylic oxidation sites excluding steroid dienone is 2. The molecule has 1 aliphatic heterocycles. The van der Waals surface area contributed by atoms with Crippen molar-refractivity contribution < 1.29 is 34.1 Å². The minimum Gasteiger partial charge on any atom is -0.481 e. The van der Waals surface area contributed by atoms with Crippen LogP contribution in [0.1, 0.15) is 66.2 Å². The van der Waals surface area contributed by atoms with Crippen LogP contribution in [-0.4, -0.2) is 41.0 Å². The zero-order chi connectivity index (χ0) is 23.7. The molecule has 0 saturated heterocycles. The third kappa shape index (κ3) is 4.15. The maximum absolute atomic E-state index is 12.8. The van der Waals surface area contributed by atoms with Gasteiger partial charge in [-0.25, -0.2) is 9.59 Å². The molecule has 0 spiro atoms. The lowest BCUT2D eigenvalue weighted by molar-refractivity contribution is -0.164. The summed E-state index contributed by atoms with van der Waals surface area (Å²) in [6.45, 7) is 7.67. The summed E-state index contributed by atoms with van der Waals surface area (Å²) in [5.74, 6) is -1.71. The van der Waals surface area contributed by atoms with Crippen LogP contribution in [0.2, 0.25) is 0 Å². The Morgan fingerprint density at radius 2 is 2.06 bits per heavy atom. The van der Waals surface area contributed by atoms with Crippen molar-refractivity contribution in [3.63, 3.8) is 0 Å². The lowest BCUT2D eigenvalue weighted by Crippen LogP contribution is -2.55. The van der Waals surface area contributed by atoms with Gasteiger partial charge in [0.15, 0.2) is 0 Å². The van der Waals surface area contributed by atoms with Crippen LogP contribution in [-0.2, 0) is 23.9 Å². The zero-order valence-corrected chi connectivity index (χ0v) is 19.3. The summed E-state index contributed by atoms with van der Waals surface area (Å²) in [4.78, 5) is 37.0. The van der Waals surface area contributed by atoms with E-state index in [4.69, 9.17) is 9.47 Å². The number of aliphatic carboxylic acids is 1. The summed E-state index contributed by atoms with van der Waals surface area (Å²) >= 11 is 0. The molecule has 32 heavy (non-hydrogen) atoms. The lowest BCUT2D eigenvalue weighted by Gasteiger charge is -2.57. The van der Waals surface area contributed by atoms with Crippen molar-refractivity contribution in [3.8, 4) is 0 Å². The number of fused-ring (bicyclic) bond motifs is 1. The Labute approximate surface area is 189 Å². The summed E-state index contributed by atoms with van der Waals surface area (Å²) in [6, 6.07) is 0. The van der Waals surface area contributed by atoms with Crippen LogP contribution < -0.4 is 0 Å². The molecule has 1 saturated carbocycles. The van der Waals surface area contributed by atoms with Gasteiger partial charge in [0.25, 0.3) is 0 Å². The number of aliphatic hydroxyl groups is 1. The number of carboxylic acid groups (broad SMARTS) is 1. The number of aliphatic hydroxyl groups excluding tert-OH is 1. The van der Waals surface area contributed by atoms with Crippen molar-refractivity contribution in [3.05, 3.63) is 34.9 Å². The molecule has 2 N–H and O–H groups in total. The molecule has 3 rings (SSSR count). The van der Waals surface area contributed by atoms with Crippen LogP contribution >= 0.6 is 0 Å². The fourth-order valence-corrected chi connectivity index (χ4v) is 5.85. The summed E-state index contributed by atoms with van der Waals surface area (Å²) < 4.78 is 10.3. The molecule has 176 valence electrons. The number of cyclic esters (lactones) is 1. The minimum atomic E-state index is -1.20. The molecule has 3 aliphatic rings. The van der Waals surface area contributed by atoms with Crippen molar-refractivity contribution in [1.82, 2.24) is 0 Å². The van der Waals surface area contributed by atoms with E-state index in [2.05, 4.69) is 13.8 Å². The standard InChI is InChI=1S/C25H34O7/c1-5-15(2)21(27)31-14-18-7-6-8-19-24(4,11-10-17-13-20(26)32-22(17)28)16(3)9-12-25(18,19)23(29)30/h5,7,13,16,19-20,26H,6,8-12,14H2,1-4H3,(H,29,30)/b15-5-/t16-,19+,20+,24-,25-/m1/s1. The van der Waals surface area contributed by atoms with Crippen LogP contribution in [0.3, 0.4) is 0 Å². The molecule has 0 radical (unpaired) electrons. The second-order valence-corrected chi connectivity index (χ2v) is 9.62. The van der Waals surface area contributed by atoms with Crippen LogP contribution in [0.15, 0.2) is 34.9 Å². The van der Waals surface area contributed by atoms with Gasteiger partial charge in [-0.2, -0.15) is 0 Å². The maximum Gasteiger partial charge on any atom is 0.336 e. The van der Waals surface area contributed by atoms with E-state index in [0.29, 0.717) is 36.0 Å². The normalized spacial score (nSPS) is 34.8. The second-order valence-electron chi connectivity index (χ2n) is 9.62. The van der Waals surface area contributed by atoms with Gasteiger partial charge in [0.05, 0.1) is 5.41 Å². The Morgan fingerprint density at radius 1 is 1.34 bits per heavy atom. The number of carbonyl (C=O) groups is 3. The molecule has 5 atom stereocenters. The van der Waals surface area contributed by atoms with Crippen LogP contribution in [0.25, 0.3) is 0 Å². The predicted octanol–water partition coefficient (Wildman–Crippen LogP) is 3.92. The van der Waals surface area contributed by atoms with Gasteiger partial charge in [-0.1, -0.05) is 26.0 Å². The highest BCUT2D eigenvalue weighted by Gasteiger charge is 2.60. The molecule has 0 bridgehead atoms. The van der Waals surface area contributed by atoms with Crippen LogP contribution in [0.5, 0.6) is 0 Å². The number of hydrogen-bond acceptors (Lipinski definition) is 6. The highest BCUT2D eigenvalue weighted by Crippen LogP contribution is 2.62. The summed E-state index contributed by atoms with van der Waals surface area (Å²) in [7, 11) is 0. The first-order valence-electron chi connectivity index (χ1n) is 11.4. The molecule has 1 fully saturated rings. The van der Waals surface area contributed by atoms with Crippen molar-refractivity contribution >= 4 is 17.9 Å². The van der Waals surface area contributed by atoms with Crippen molar-refractivity contribution in [2.45, 2.75) is 72.5 Å². The zero-order valence-electron chi connectivity index (χ0n) is 19.3. The van der Waals surface area contributed by atoms with Crippen molar-refractivity contribution in [2.75, 3.05) is 6.61 Å². The van der Waals surface area contributed by atoms with Crippen molar-refractivity contribution in [2.24, 2.45) is 22.7 Å². The fourth-order valence-electron chi connectivity index (χ4n) is 5.85. The van der Waals surface area contributed by atoms with Crippen LogP contribution in [0.4, 0.5) is 0 Å². The SMILES string of the molecule is C/C=C(/C)C(=O)OCC1=CCC[C@@H]2[C@@]1(C(=O)O)CC[C@@H](C)[C@@]2(C)CCC1=C[C@@H](O)OC1=O. The highest BCUT2D eigenvalue weighted by molar-refractivity contribution is 5.90. The number of carboxylic acids is 1. The Morgan fingerprint density at radius 3 is 2.66 bits per heavy atom. The smallest absolute Gasteiger partial charge is 0.336 e. The molecule has 0 aromatic heterocycles. The van der Waals surface area contributed by atoms with Gasteiger partial charge in [0.1, 0.15) is 6.61 Å². The summed E-state index contributed by atoms with van der Waals surface area (Å²) in [5.41, 5.74) is 0.177. The molecule has 0 unspecified atom stereocenters. The van der Waals surface area contributed by atoms with Gasteiger partial charge in [0, 0.05) is 11.1 Å². The molecular weight excluding hydrogens is 412 g/mol. The van der Waals surface area contributed by atoms with Crippen LogP contribution in [0, 0.1) is 22.7 Å². The lowest BCUT2D eigenvalue weighted by atomic mass is 9.46. The van der Waals surface area contributed by atoms with E-state index in [0.717, 1.165) is 19.3 Å². The number of hydrogen-bond donors (Lipinski definition) is 2. The van der Waals surface area contributed by atoms with Gasteiger partial charge in [-0.3, -0.25) is 4.79 Å². The Balaban J connectivity index is 1.88. The third-order valence-electron chi connectivity index (χ3n) is 8.17. The van der Waals surface area contributed by atoms with Crippen molar-refractivity contribution in [1.29, 1.82) is 0 Å². The van der Waals surface area contributed by atoms with E-state index >= 15 is 0 Å². The van der Waals surface area contributed by atoms with Gasteiger partial charge < -0.3 is 19.7 Å². The summed E-state index contributed by atoms with van der Waals surface area (Å²) in [6.07, 6.45) is 7.56. The molecule has 7 heteroatoms. The molecule has 2 aliphatic carbocycles. The molecule has 0 aromatic carbocycles. The first-order valence-corrected chi connectivity index (χ1v) is 11.4. The number of esters is 2. The first-order chi connectivity index (χ1) is 15.1. The quantitative estimate of drug-likeness (QED) is 0.346. The Bertz CT molecular complexity index is 883. The topological polar surface area (TPSA) is 110 Å². The number of rotatable bonds is 7. The second kappa shape index (κ2) is 9.22. The molecule has 1 heterocycles. The number of carbonyl (C=O) groups excluding carboxylic acids is 2.